The highest BCUT2D eigenvalue weighted by molar-refractivity contribution is 7.21. The third-order valence-electron chi connectivity index (χ3n) is 3.87. The second-order valence-electron chi connectivity index (χ2n) is 5.25. The van der Waals surface area contributed by atoms with Gasteiger partial charge in [-0.3, -0.25) is 4.79 Å². The normalized spacial score (nSPS) is 20.1. The van der Waals surface area contributed by atoms with E-state index >= 15 is 0 Å². The summed E-state index contributed by atoms with van der Waals surface area (Å²) in [5.41, 5.74) is 7.21. The van der Waals surface area contributed by atoms with E-state index in [1.165, 1.54) is 24.2 Å². The van der Waals surface area contributed by atoms with Gasteiger partial charge in [0.25, 0.3) is 5.91 Å². The Labute approximate surface area is 121 Å². The summed E-state index contributed by atoms with van der Waals surface area (Å²) in [5.74, 6) is 0.0294. The van der Waals surface area contributed by atoms with Crippen LogP contribution in [0.4, 0.5) is 5.69 Å². The van der Waals surface area contributed by atoms with Gasteiger partial charge in [0.05, 0.1) is 5.69 Å². The van der Waals surface area contributed by atoms with E-state index in [-0.39, 0.29) is 11.9 Å². The zero-order chi connectivity index (χ0) is 14.1. The van der Waals surface area contributed by atoms with Crippen molar-refractivity contribution in [1.29, 1.82) is 0 Å². The second kappa shape index (κ2) is 5.36. The predicted octanol–water partition coefficient (Wildman–Crippen LogP) is 2.68. The van der Waals surface area contributed by atoms with Crippen LogP contribution in [0.1, 0.15) is 42.3 Å². The first-order valence-electron chi connectivity index (χ1n) is 6.98. The maximum Gasteiger partial charge on any atom is 0.266 e. The summed E-state index contributed by atoms with van der Waals surface area (Å²) in [6.07, 6.45) is 7.74. The number of hydrogen-bond acceptors (Lipinski definition) is 5. The van der Waals surface area contributed by atoms with E-state index in [9.17, 15) is 4.79 Å². The van der Waals surface area contributed by atoms with Gasteiger partial charge in [0.1, 0.15) is 15.2 Å². The number of likely N-dealkylation sites (tertiary alicyclic amines) is 1. The molecule has 106 valence electrons. The Balaban J connectivity index is 1.97. The molecule has 1 saturated heterocycles. The highest BCUT2D eigenvalue weighted by Gasteiger charge is 2.27. The summed E-state index contributed by atoms with van der Waals surface area (Å²) in [5, 5.41) is 0. The summed E-state index contributed by atoms with van der Waals surface area (Å²) in [6, 6.07) is 0.274. The molecule has 0 radical (unpaired) electrons. The van der Waals surface area contributed by atoms with Crippen molar-refractivity contribution in [2.24, 2.45) is 0 Å². The fraction of sp³-hybridized carbons (Fsp3) is 0.500. The number of anilines is 1. The molecule has 1 unspecified atom stereocenters. The van der Waals surface area contributed by atoms with Gasteiger partial charge in [0, 0.05) is 25.0 Å². The fourth-order valence-corrected chi connectivity index (χ4v) is 3.69. The summed E-state index contributed by atoms with van der Waals surface area (Å²) in [6.45, 7) is 2.93. The molecule has 2 N–H and O–H groups in total. The first-order chi connectivity index (χ1) is 9.68. The third-order valence-corrected chi connectivity index (χ3v) is 4.96. The van der Waals surface area contributed by atoms with Crippen molar-refractivity contribution >= 4 is 33.3 Å². The van der Waals surface area contributed by atoms with Gasteiger partial charge < -0.3 is 10.6 Å². The van der Waals surface area contributed by atoms with Crippen LogP contribution in [-0.2, 0) is 0 Å². The molecular weight excluding hydrogens is 272 g/mol. The molecule has 0 aliphatic carbocycles. The Kier molecular flexibility index (Phi) is 3.56. The lowest BCUT2D eigenvalue weighted by Crippen LogP contribution is -2.38. The van der Waals surface area contributed by atoms with Crippen LogP contribution in [-0.4, -0.2) is 33.4 Å². The SMILES string of the molecule is CC1CCCCCN1C(=O)c1sc2nccnc2c1N. The minimum absolute atomic E-state index is 0.0294. The van der Waals surface area contributed by atoms with E-state index in [1.54, 1.807) is 12.4 Å². The molecule has 1 amide bonds. The van der Waals surface area contributed by atoms with E-state index in [4.69, 9.17) is 5.73 Å². The van der Waals surface area contributed by atoms with Crippen molar-refractivity contribution in [2.75, 3.05) is 12.3 Å². The van der Waals surface area contributed by atoms with Crippen LogP contribution in [0, 0.1) is 0 Å². The zero-order valence-corrected chi connectivity index (χ0v) is 12.3. The van der Waals surface area contributed by atoms with Crippen molar-refractivity contribution in [3.05, 3.63) is 17.3 Å². The predicted molar refractivity (Wildman–Crippen MR) is 80.8 cm³/mol. The zero-order valence-electron chi connectivity index (χ0n) is 11.5. The van der Waals surface area contributed by atoms with Gasteiger partial charge in [-0.2, -0.15) is 0 Å². The molecule has 1 aliphatic heterocycles. The first kappa shape index (κ1) is 13.3. The third kappa shape index (κ3) is 2.24. The molecule has 2 aromatic rings. The standard InChI is InChI=1S/C14H18N4OS/c1-9-5-3-2-4-8-18(9)14(19)12-10(15)11-13(20-12)17-7-6-16-11/h6-7,9H,2-5,8,15H2,1H3. The Morgan fingerprint density at radius 2 is 2.15 bits per heavy atom. The van der Waals surface area contributed by atoms with Crippen LogP contribution in [0.5, 0.6) is 0 Å². The van der Waals surface area contributed by atoms with Gasteiger partial charge in [-0.1, -0.05) is 12.8 Å². The molecular formula is C14H18N4OS. The molecule has 6 heteroatoms. The maximum absolute atomic E-state index is 12.8. The van der Waals surface area contributed by atoms with Crippen LogP contribution in [0.25, 0.3) is 10.3 Å². The van der Waals surface area contributed by atoms with Gasteiger partial charge in [-0.15, -0.1) is 11.3 Å². The van der Waals surface area contributed by atoms with Crippen molar-refractivity contribution in [1.82, 2.24) is 14.9 Å². The van der Waals surface area contributed by atoms with Gasteiger partial charge in [0.2, 0.25) is 0 Å². The number of amides is 1. The quantitative estimate of drug-likeness (QED) is 0.876. The average Bonchev–Trinajstić information content (AvgIpc) is 2.64. The van der Waals surface area contributed by atoms with Crippen molar-refractivity contribution < 1.29 is 4.79 Å². The number of carbonyl (C=O) groups excluding carboxylic acids is 1. The molecule has 2 aromatic heterocycles. The number of aromatic nitrogens is 2. The molecule has 1 atom stereocenters. The number of thiophene rings is 1. The van der Waals surface area contributed by atoms with E-state index < -0.39 is 0 Å². The van der Waals surface area contributed by atoms with Crippen molar-refractivity contribution in [3.63, 3.8) is 0 Å². The summed E-state index contributed by atoms with van der Waals surface area (Å²) < 4.78 is 0. The number of carbonyl (C=O) groups is 1. The fourth-order valence-electron chi connectivity index (χ4n) is 2.71. The number of nitrogen functional groups attached to an aromatic ring is 1. The van der Waals surface area contributed by atoms with Crippen molar-refractivity contribution in [3.8, 4) is 0 Å². The molecule has 0 saturated carbocycles. The monoisotopic (exact) mass is 290 g/mol. The maximum atomic E-state index is 12.8. The Hall–Kier alpha value is -1.69. The number of fused-ring (bicyclic) bond motifs is 1. The minimum Gasteiger partial charge on any atom is -0.396 e. The van der Waals surface area contributed by atoms with Gasteiger partial charge >= 0.3 is 0 Å². The van der Waals surface area contributed by atoms with Crippen LogP contribution in [0.2, 0.25) is 0 Å². The summed E-state index contributed by atoms with van der Waals surface area (Å²) >= 11 is 1.34. The van der Waals surface area contributed by atoms with E-state index in [2.05, 4.69) is 16.9 Å². The molecule has 3 rings (SSSR count). The van der Waals surface area contributed by atoms with Crippen LogP contribution >= 0.6 is 11.3 Å². The van der Waals surface area contributed by atoms with Gasteiger partial charge in [-0.05, 0) is 19.8 Å². The number of nitrogens with two attached hydrogens (primary N) is 1. The van der Waals surface area contributed by atoms with Crippen LogP contribution in [0.15, 0.2) is 12.4 Å². The molecule has 3 heterocycles. The van der Waals surface area contributed by atoms with E-state index in [0.717, 1.165) is 24.2 Å². The molecule has 0 spiro atoms. The number of hydrogen-bond donors (Lipinski definition) is 1. The summed E-state index contributed by atoms with van der Waals surface area (Å²) in [4.78, 5) is 24.5. The molecule has 1 aliphatic rings. The second-order valence-corrected chi connectivity index (χ2v) is 6.25. The average molecular weight is 290 g/mol. The molecule has 20 heavy (non-hydrogen) atoms. The highest BCUT2D eigenvalue weighted by atomic mass is 32.1. The Morgan fingerprint density at radius 1 is 1.35 bits per heavy atom. The van der Waals surface area contributed by atoms with Crippen LogP contribution < -0.4 is 5.73 Å². The Morgan fingerprint density at radius 3 is 2.95 bits per heavy atom. The lowest BCUT2D eigenvalue weighted by atomic mass is 10.1. The lowest BCUT2D eigenvalue weighted by molar-refractivity contribution is 0.0704. The number of nitrogens with zero attached hydrogens (tertiary/aromatic N) is 3. The molecule has 0 bridgehead atoms. The number of rotatable bonds is 1. The van der Waals surface area contributed by atoms with Gasteiger partial charge in [-0.25, -0.2) is 9.97 Å². The molecule has 5 nitrogen and oxygen atoms in total. The first-order valence-corrected chi connectivity index (χ1v) is 7.80. The smallest absolute Gasteiger partial charge is 0.266 e. The van der Waals surface area contributed by atoms with Crippen molar-refractivity contribution in [2.45, 2.75) is 38.6 Å². The van der Waals surface area contributed by atoms with E-state index in [1.807, 2.05) is 4.90 Å². The Bertz CT molecular complexity index is 639. The lowest BCUT2D eigenvalue weighted by Gasteiger charge is -2.26. The van der Waals surface area contributed by atoms with Gasteiger partial charge in [0.15, 0.2) is 0 Å². The minimum atomic E-state index is 0.0294. The van der Waals surface area contributed by atoms with E-state index in [0.29, 0.717) is 16.1 Å². The van der Waals surface area contributed by atoms with Crippen LogP contribution in [0.3, 0.4) is 0 Å². The molecule has 0 aromatic carbocycles. The largest absolute Gasteiger partial charge is 0.396 e. The molecule has 1 fully saturated rings. The topological polar surface area (TPSA) is 72.1 Å². The summed E-state index contributed by atoms with van der Waals surface area (Å²) in [7, 11) is 0. The highest BCUT2D eigenvalue weighted by Crippen LogP contribution is 2.32.